The Morgan fingerprint density at radius 3 is 2.42 bits per heavy atom. The van der Waals surface area contributed by atoms with E-state index in [0.717, 1.165) is 5.56 Å². The number of nitrogens with zero attached hydrogens (tertiary/aromatic N) is 1. The van der Waals surface area contributed by atoms with E-state index in [2.05, 4.69) is 26.1 Å². The summed E-state index contributed by atoms with van der Waals surface area (Å²) in [6, 6.07) is 9.83. The van der Waals surface area contributed by atoms with Crippen molar-refractivity contribution in [1.82, 2.24) is 4.31 Å². The summed E-state index contributed by atoms with van der Waals surface area (Å²) >= 11 is 6.19. The highest BCUT2D eigenvalue weighted by Crippen LogP contribution is 2.32. The number of nitrogens with one attached hydrogen (secondary N) is 1. The lowest BCUT2D eigenvalue weighted by atomic mass is 9.87. The second-order valence-corrected chi connectivity index (χ2v) is 10.6. The Labute approximate surface area is 188 Å². The third-order valence-electron chi connectivity index (χ3n) is 5.09. The fourth-order valence-electron chi connectivity index (χ4n) is 3.23. The molecule has 2 aromatic carbocycles. The summed E-state index contributed by atoms with van der Waals surface area (Å²) in [6.45, 7) is 7.34. The number of methoxy groups -OCH3 is 1. The Balaban J connectivity index is 1.92. The summed E-state index contributed by atoms with van der Waals surface area (Å²) in [4.78, 5) is 12.9. The number of hydrogen-bond acceptors (Lipinski definition) is 5. The molecule has 9 heteroatoms. The number of benzene rings is 2. The van der Waals surface area contributed by atoms with Gasteiger partial charge in [0.05, 0.1) is 31.0 Å². The smallest absolute Gasteiger partial charge is 0.255 e. The molecule has 3 rings (SSSR count). The third kappa shape index (κ3) is 5.20. The van der Waals surface area contributed by atoms with E-state index < -0.39 is 15.9 Å². The molecule has 0 unspecified atom stereocenters. The molecule has 7 nitrogen and oxygen atoms in total. The highest BCUT2D eigenvalue weighted by atomic mass is 35.5. The second-order valence-electron chi connectivity index (χ2n) is 8.28. The Bertz CT molecular complexity index is 1070. The SMILES string of the molecule is COc1ccc(C(C)(C)C)cc1NC(=O)c1ccc(Cl)c(S(=O)(=O)N2CCOCC2)c1. The molecule has 0 radical (unpaired) electrons. The molecule has 1 N–H and O–H groups in total. The van der Waals surface area contributed by atoms with Gasteiger partial charge in [-0.3, -0.25) is 4.79 Å². The van der Waals surface area contributed by atoms with E-state index in [9.17, 15) is 13.2 Å². The van der Waals surface area contributed by atoms with E-state index in [1.54, 1.807) is 6.07 Å². The van der Waals surface area contributed by atoms with Crippen molar-refractivity contribution in [3.8, 4) is 5.75 Å². The van der Waals surface area contributed by atoms with Gasteiger partial charge in [0.1, 0.15) is 10.6 Å². The predicted octanol–water partition coefficient (Wildman–Crippen LogP) is 3.92. The fourth-order valence-corrected chi connectivity index (χ4v) is 5.14. The Morgan fingerprint density at radius 1 is 1.13 bits per heavy atom. The van der Waals surface area contributed by atoms with E-state index in [1.807, 2.05) is 12.1 Å². The van der Waals surface area contributed by atoms with Crippen LogP contribution in [0.15, 0.2) is 41.3 Å². The summed E-state index contributed by atoms with van der Waals surface area (Å²) in [5.74, 6) is 0.0518. The summed E-state index contributed by atoms with van der Waals surface area (Å²) in [5.41, 5.74) is 1.59. The molecule has 0 atom stereocenters. The van der Waals surface area contributed by atoms with Crippen LogP contribution in [0, 0.1) is 0 Å². The Hall–Kier alpha value is -2.13. The maximum absolute atomic E-state index is 13.0. The van der Waals surface area contributed by atoms with Gasteiger partial charge in [0.2, 0.25) is 10.0 Å². The van der Waals surface area contributed by atoms with Gasteiger partial charge in [-0.1, -0.05) is 38.4 Å². The van der Waals surface area contributed by atoms with Crippen molar-refractivity contribution < 1.29 is 22.7 Å². The molecule has 1 aliphatic rings. The molecular weight excluding hydrogens is 440 g/mol. The van der Waals surface area contributed by atoms with Crippen LogP contribution in [0.5, 0.6) is 5.75 Å². The van der Waals surface area contributed by atoms with Crippen LogP contribution in [0.2, 0.25) is 5.02 Å². The summed E-state index contributed by atoms with van der Waals surface area (Å²) in [7, 11) is -2.32. The topological polar surface area (TPSA) is 84.9 Å². The standard InChI is InChI=1S/C22H27ClN2O5S/c1-22(2,3)16-6-8-19(29-4)18(14-16)24-21(26)15-5-7-17(23)20(13-15)31(27,28)25-9-11-30-12-10-25/h5-8,13-14H,9-12H2,1-4H3,(H,24,26). The number of hydrogen-bond donors (Lipinski definition) is 1. The number of rotatable bonds is 5. The number of sulfonamides is 1. The Kier molecular flexibility index (Phi) is 6.95. The van der Waals surface area contributed by atoms with Gasteiger partial charge < -0.3 is 14.8 Å². The molecular formula is C22H27ClN2O5S. The quantitative estimate of drug-likeness (QED) is 0.721. The summed E-state index contributed by atoms with van der Waals surface area (Å²) in [5, 5.41) is 2.90. The summed E-state index contributed by atoms with van der Waals surface area (Å²) in [6.07, 6.45) is 0. The first kappa shape index (κ1) is 23.5. The van der Waals surface area contributed by atoms with Crippen LogP contribution < -0.4 is 10.1 Å². The molecule has 1 amide bonds. The molecule has 0 aromatic heterocycles. The molecule has 1 saturated heterocycles. The van der Waals surface area contributed by atoms with Crippen molar-refractivity contribution in [2.75, 3.05) is 38.7 Å². The van der Waals surface area contributed by atoms with Crippen LogP contribution in [0.3, 0.4) is 0 Å². The highest BCUT2D eigenvalue weighted by Gasteiger charge is 2.29. The molecule has 31 heavy (non-hydrogen) atoms. The van der Waals surface area contributed by atoms with Gasteiger partial charge in [-0.2, -0.15) is 4.31 Å². The van der Waals surface area contributed by atoms with Crippen molar-refractivity contribution >= 4 is 33.2 Å². The number of ether oxygens (including phenoxy) is 2. The highest BCUT2D eigenvalue weighted by molar-refractivity contribution is 7.89. The first-order valence-electron chi connectivity index (χ1n) is 9.91. The van der Waals surface area contributed by atoms with Crippen LogP contribution >= 0.6 is 11.6 Å². The number of morpholine rings is 1. The van der Waals surface area contributed by atoms with Crippen molar-refractivity contribution in [2.45, 2.75) is 31.1 Å². The first-order valence-corrected chi connectivity index (χ1v) is 11.7. The average molecular weight is 467 g/mol. The zero-order valence-corrected chi connectivity index (χ0v) is 19.6. The largest absolute Gasteiger partial charge is 0.495 e. The van der Waals surface area contributed by atoms with Crippen LogP contribution in [-0.2, 0) is 20.2 Å². The maximum Gasteiger partial charge on any atom is 0.255 e. The molecule has 1 heterocycles. The van der Waals surface area contributed by atoms with Crippen molar-refractivity contribution in [3.05, 3.63) is 52.5 Å². The van der Waals surface area contributed by atoms with E-state index in [-0.39, 0.29) is 34.0 Å². The zero-order valence-electron chi connectivity index (χ0n) is 18.1. The number of anilines is 1. The molecule has 1 fully saturated rings. The lowest BCUT2D eigenvalue weighted by molar-refractivity contribution is 0.0730. The lowest BCUT2D eigenvalue weighted by Gasteiger charge is -2.26. The van der Waals surface area contributed by atoms with E-state index in [4.69, 9.17) is 21.1 Å². The minimum absolute atomic E-state index is 0.0651. The first-order chi connectivity index (χ1) is 14.5. The zero-order chi connectivity index (χ0) is 22.8. The van der Waals surface area contributed by atoms with Crippen LogP contribution in [0.1, 0.15) is 36.7 Å². The minimum Gasteiger partial charge on any atom is -0.495 e. The van der Waals surface area contributed by atoms with Crippen molar-refractivity contribution in [3.63, 3.8) is 0 Å². The number of amides is 1. The minimum atomic E-state index is -3.84. The molecule has 1 aliphatic heterocycles. The van der Waals surface area contributed by atoms with E-state index in [1.165, 1.54) is 29.6 Å². The molecule has 2 aromatic rings. The van der Waals surface area contributed by atoms with Crippen LogP contribution in [0.25, 0.3) is 0 Å². The molecule has 0 bridgehead atoms. The third-order valence-corrected chi connectivity index (χ3v) is 7.48. The van der Waals surface area contributed by atoms with Gasteiger partial charge >= 0.3 is 0 Å². The van der Waals surface area contributed by atoms with E-state index in [0.29, 0.717) is 24.7 Å². The second kappa shape index (κ2) is 9.16. The number of carbonyl (C=O) groups is 1. The van der Waals surface area contributed by atoms with Gasteiger partial charge in [0, 0.05) is 18.7 Å². The average Bonchev–Trinajstić information content (AvgIpc) is 2.73. The lowest BCUT2D eigenvalue weighted by Crippen LogP contribution is -2.40. The van der Waals surface area contributed by atoms with E-state index >= 15 is 0 Å². The molecule has 0 saturated carbocycles. The molecule has 0 spiro atoms. The summed E-state index contributed by atoms with van der Waals surface area (Å²) < 4.78 is 38.0. The van der Waals surface area contributed by atoms with Crippen LogP contribution in [0.4, 0.5) is 5.69 Å². The van der Waals surface area contributed by atoms with Crippen molar-refractivity contribution in [2.24, 2.45) is 0 Å². The van der Waals surface area contributed by atoms with Gasteiger partial charge in [-0.05, 0) is 41.3 Å². The van der Waals surface area contributed by atoms with Crippen molar-refractivity contribution in [1.29, 1.82) is 0 Å². The number of carbonyl (C=O) groups excluding carboxylic acids is 1. The monoisotopic (exact) mass is 466 g/mol. The maximum atomic E-state index is 13.0. The molecule has 168 valence electrons. The Morgan fingerprint density at radius 2 is 1.81 bits per heavy atom. The normalized spacial score (nSPS) is 15.5. The van der Waals surface area contributed by atoms with Gasteiger partial charge in [0.15, 0.2) is 0 Å². The van der Waals surface area contributed by atoms with Gasteiger partial charge in [-0.15, -0.1) is 0 Å². The number of halogens is 1. The van der Waals surface area contributed by atoms with Crippen LogP contribution in [-0.4, -0.2) is 52.0 Å². The van der Waals surface area contributed by atoms with Gasteiger partial charge in [-0.25, -0.2) is 8.42 Å². The fraction of sp³-hybridized carbons (Fsp3) is 0.409. The predicted molar refractivity (Wildman–Crippen MR) is 121 cm³/mol. The molecule has 0 aliphatic carbocycles. The van der Waals surface area contributed by atoms with Gasteiger partial charge in [0.25, 0.3) is 5.91 Å².